The Balaban J connectivity index is 1.66. The molecule has 0 radical (unpaired) electrons. The lowest BCUT2D eigenvalue weighted by atomic mass is 9.86. The van der Waals surface area contributed by atoms with Crippen molar-refractivity contribution in [3.05, 3.63) is 70.2 Å². The fourth-order valence-corrected chi connectivity index (χ4v) is 5.64. The van der Waals surface area contributed by atoms with E-state index in [-0.39, 0.29) is 29.7 Å². The maximum Gasteiger partial charge on any atom is 0.236 e. The van der Waals surface area contributed by atoms with Crippen LogP contribution in [-0.4, -0.2) is 40.6 Å². The van der Waals surface area contributed by atoms with Crippen molar-refractivity contribution in [1.82, 2.24) is 4.90 Å². The van der Waals surface area contributed by atoms with Crippen LogP contribution >= 0.6 is 15.9 Å². The average molecular weight is 479 g/mol. The van der Waals surface area contributed by atoms with Gasteiger partial charge in [-0.25, -0.2) is 0 Å². The molecule has 0 unspecified atom stereocenters. The standard InChI is InChI=1S/C25H23BrN2O3/c1-3-14(2)27-24(30)20-19-11-9-16-13-17(26)10-12-18(16)28(19)22(21(20)25(27)31)23(29)15-7-5-4-6-8-15/h4-14,19-22H,3H2,1-2H3/t14-,19-,20-,21-,22-/m0/s1. The van der Waals surface area contributed by atoms with Crippen LogP contribution in [0.25, 0.3) is 6.08 Å². The minimum atomic E-state index is -0.715. The number of carbonyl (C=O) groups is 3. The lowest BCUT2D eigenvalue weighted by Gasteiger charge is -2.37. The summed E-state index contributed by atoms with van der Waals surface area (Å²) in [6.45, 7) is 3.86. The van der Waals surface area contributed by atoms with Gasteiger partial charge in [0.2, 0.25) is 11.8 Å². The van der Waals surface area contributed by atoms with Gasteiger partial charge in [-0.3, -0.25) is 19.3 Å². The molecule has 0 N–H and O–H groups in total. The maximum atomic E-state index is 13.8. The van der Waals surface area contributed by atoms with Crippen molar-refractivity contribution in [2.75, 3.05) is 4.90 Å². The lowest BCUT2D eigenvalue weighted by molar-refractivity contribution is -0.142. The van der Waals surface area contributed by atoms with Crippen molar-refractivity contribution in [3.63, 3.8) is 0 Å². The number of hydrogen-bond donors (Lipinski definition) is 0. The first-order valence-electron chi connectivity index (χ1n) is 10.7. The molecule has 31 heavy (non-hydrogen) atoms. The molecule has 2 aromatic rings. The van der Waals surface area contributed by atoms with Crippen molar-refractivity contribution in [2.45, 2.75) is 38.4 Å². The monoisotopic (exact) mass is 478 g/mol. The van der Waals surface area contributed by atoms with E-state index in [1.165, 1.54) is 4.90 Å². The maximum absolute atomic E-state index is 13.8. The topological polar surface area (TPSA) is 57.7 Å². The Labute approximate surface area is 189 Å². The first-order chi connectivity index (χ1) is 14.9. The summed E-state index contributed by atoms with van der Waals surface area (Å²) in [4.78, 5) is 44.2. The number of Topliss-reactive ketones (excluding diaryl/α,β-unsaturated/α-hetero) is 1. The third-order valence-corrected chi connectivity index (χ3v) is 7.35. The molecule has 2 amide bonds. The van der Waals surface area contributed by atoms with Gasteiger partial charge in [0.15, 0.2) is 5.78 Å². The minimum absolute atomic E-state index is 0.116. The summed E-state index contributed by atoms with van der Waals surface area (Å²) in [5, 5.41) is 0. The van der Waals surface area contributed by atoms with Gasteiger partial charge in [-0.1, -0.05) is 65.3 Å². The Bertz CT molecular complexity index is 1110. The van der Waals surface area contributed by atoms with E-state index in [1.807, 2.05) is 67.3 Å². The van der Waals surface area contributed by atoms with Crippen LogP contribution in [0.15, 0.2) is 59.1 Å². The highest BCUT2D eigenvalue weighted by molar-refractivity contribution is 9.10. The molecule has 0 bridgehead atoms. The highest BCUT2D eigenvalue weighted by atomic mass is 79.9. The van der Waals surface area contributed by atoms with Crippen molar-refractivity contribution >= 4 is 45.3 Å². The Hall–Kier alpha value is -2.73. The van der Waals surface area contributed by atoms with Crippen LogP contribution < -0.4 is 4.90 Å². The van der Waals surface area contributed by atoms with Crippen molar-refractivity contribution in [2.24, 2.45) is 11.8 Å². The average Bonchev–Trinajstić information content (AvgIpc) is 3.26. The van der Waals surface area contributed by atoms with Gasteiger partial charge in [0, 0.05) is 21.8 Å². The van der Waals surface area contributed by atoms with Gasteiger partial charge in [0.05, 0.1) is 17.9 Å². The SMILES string of the molecule is CC[C@H](C)N1C(=O)[C@@H]2[C@H](C1=O)[C@@H](C(=O)c1ccccc1)N1c3ccc(Br)cc3C=C[C@@H]21. The predicted octanol–water partition coefficient (Wildman–Crippen LogP) is 4.32. The van der Waals surface area contributed by atoms with Gasteiger partial charge < -0.3 is 4.90 Å². The van der Waals surface area contributed by atoms with Crippen LogP contribution in [0.2, 0.25) is 0 Å². The van der Waals surface area contributed by atoms with E-state index in [9.17, 15) is 14.4 Å². The van der Waals surface area contributed by atoms with Crippen LogP contribution in [0.4, 0.5) is 5.69 Å². The summed E-state index contributed by atoms with van der Waals surface area (Å²) >= 11 is 3.51. The van der Waals surface area contributed by atoms with Crippen LogP contribution in [0, 0.1) is 11.8 Å². The molecule has 5 nitrogen and oxygen atoms in total. The second kappa shape index (κ2) is 7.45. The molecule has 0 saturated carbocycles. The fraction of sp³-hybridized carbons (Fsp3) is 0.320. The van der Waals surface area contributed by atoms with Crippen LogP contribution in [0.3, 0.4) is 0 Å². The molecule has 2 aromatic carbocycles. The Kier molecular flexibility index (Phi) is 4.85. The van der Waals surface area contributed by atoms with Gasteiger partial charge in [-0.15, -0.1) is 0 Å². The molecule has 3 aliphatic rings. The molecular weight excluding hydrogens is 456 g/mol. The van der Waals surface area contributed by atoms with Crippen molar-refractivity contribution in [1.29, 1.82) is 0 Å². The number of hydrogen-bond acceptors (Lipinski definition) is 4. The smallest absolute Gasteiger partial charge is 0.236 e. The Morgan fingerprint density at radius 3 is 2.48 bits per heavy atom. The molecule has 2 fully saturated rings. The number of ketones is 1. The zero-order valence-corrected chi connectivity index (χ0v) is 19.0. The molecule has 3 heterocycles. The van der Waals surface area contributed by atoms with Gasteiger partial charge >= 0.3 is 0 Å². The number of likely N-dealkylation sites (tertiary alicyclic amines) is 1. The quantitative estimate of drug-likeness (QED) is 0.485. The normalized spacial score (nSPS) is 27.2. The van der Waals surface area contributed by atoms with Crippen molar-refractivity contribution < 1.29 is 14.4 Å². The van der Waals surface area contributed by atoms with Gasteiger partial charge in [0.1, 0.15) is 6.04 Å². The summed E-state index contributed by atoms with van der Waals surface area (Å²) in [6.07, 6.45) is 4.67. The van der Waals surface area contributed by atoms with Gasteiger partial charge in [-0.05, 0) is 37.1 Å². The van der Waals surface area contributed by atoms with Crippen LogP contribution in [-0.2, 0) is 9.59 Å². The summed E-state index contributed by atoms with van der Waals surface area (Å²) < 4.78 is 0.940. The molecule has 6 heteroatoms. The first kappa shape index (κ1) is 20.2. The number of nitrogens with zero attached hydrogens (tertiary/aromatic N) is 2. The van der Waals surface area contributed by atoms with E-state index in [4.69, 9.17) is 0 Å². The largest absolute Gasteiger partial charge is 0.352 e. The Morgan fingerprint density at radius 2 is 1.77 bits per heavy atom. The molecule has 3 aliphatic heterocycles. The second-order valence-corrected chi connectivity index (χ2v) is 9.41. The highest BCUT2D eigenvalue weighted by Gasteiger charge is 2.64. The Morgan fingerprint density at radius 1 is 1.06 bits per heavy atom. The van der Waals surface area contributed by atoms with Gasteiger partial charge in [0.25, 0.3) is 0 Å². The zero-order valence-electron chi connectivity index (χ0n) is 17.4. The fourth-order valence-electron chi connectivity index (χ4n) is 5.26. The van der Waals surface area contributed by atoms with E-state index >= 15 is 0 Å². The molecular formula is C25H23BrN2O3. The number of imide groups is 1. The van der Waals surface area contributed by atoms with E-state index in [1.54, 1.807) is 12.1 Å². The minimum Gasteiger partial charge on any atom is -0.352 e. The summed E-state index contributed by atoms with van der Waals surface area (Å²) in [7, 11) is 0. The molecule has 5 atom stereocenters. The number of anilines is 1. The number of halogens is 1. The van der Waals surface area contributed by atoms with E-state index in [2.05, 4.69) is 15.9 Å². The second-order valence-electron chi connectivity index (χ2n) is 8.49. The van der Waals surface area contributed by atoms with E-state index < -0.39 is 17.9 Å². The number of fused-ring (bicyclic) bond motifs is 5. The molecule has 0 spiro atoms. The molecule has 5 rings (SSSR count). The number of carbonyl (C=O) groups excluding carboxylic acids is 3. The lowest BCUT2D eigenvalue weighted by Crippen LogP contribution is -2.50. The third-order valence-electron chi connectivity index (χ3n) is 6.86. The number of amides is 2. The summed E-state index contributed by atoms with van der Waals surface area (Å²) in [6, 6.07) is 13.7. The van der Waals surface area contributed by atoms with E-state index in [0.29, 0.717) is 12.0 Å². The molecule has 158 valence electrons. The number of benzene rings is 2. The number of rotatable bonds is 4. The zero-order chi connectivity index (χ0) is 21.9. The first-order valence-corrected chi connectivity index (χ1v) is 11.5. The highest BCUT2D eigenvalue weighted by Crippen LogP contribution is 2.49. The van der Waals surface area contributed by atoms with Crippen molar-refractivity contribution in [3.8, 4) is 0 Å². The van der Waals surface area contributed by atoms with Crippen LogP contribution in [0.1, 0.15) is 36.2 Å². The van der Waals surface area contributed by atoms with Crippen LogP contribution in [0.5, 0.6) is 0 Å². The summed E-state index contributed by atoms with van der Waals surface area (Å²) in [5.41, 5.74) is 2.41. The van der Waals surface area contributed by atoms with Gasteiger partial charge in [-0.2, -0.15) is 0 Å². The molecule has 2 saturated heterocycles. The third kappa shape index (κ3) is 2.92. The van der Waals surface area contributed by atoms with E-state index in [0.717, 1.165) is 15.7 Å². The molecule has 0 aliphatic carbocycles. The molecule has 0 aromatic heterocycles. The predicted molar refractivity (Wildman–Crippen MR) is 123 cm³/mol. The summed E-state index contributed by atoms with van der Waals surface area (Å²) in [5.74, 6) is -1.73.